The Kier molecular flexibility index (Phi) is 4.15. The number of aliphatic hydroxyl groups is 1. The van der Waals surface area contributed by atoms with Gasteiger partial charge in [0.25, 0.3) is 5.91 Å². The number of hydrogen-bond acceptors (Lipinski definition) is 5. The quantitative estimate of drug-likeness (QED) is 0.759. The minimum Gasteiger partial charge on any atom is -0.390 e. The molecule has 6 rings (SSSR count). The molecule has 5 fully saturated rings. The van der Waals surface area contributed by atoms with Crippen LogP contribution in [-0.2, 0) is 0 Å². The number of aromatic nitrogens is 2. The summed E-state index contributed by atoms with van der Waals surface area (Å²) in [5, 5.41) is 17.1. The van der Waals surface area contributed by atoms with E-state index in [2.05, 4.69) is 20.6 Å². The van der Waals surface area contributed by atoms with Gasteiger partial charge in [0.15, 0.2) is 0 Å². The van der Waals surface area contributed by atoms with Gasteiger partial charge in [-0.3, -0.25) is 4.79 Å². The van der Waals surface area contributed by atoms with Gasteiger partial charge in [0.1, 0.15) is 0 Å². The molecule has 6 heteroatoms. The van der Waals surface area contributed by atoms with E-state index >= 15 is 0 Å². The highest BCUT2D eigenvalue weighted by Gasteiger charge is 2.55. The lowest BCUT2D eigenvalue weighted by Crippen LogP contribution is -2.61. The Hall–Kier alpha value is -1.69. The van der Waals surface area contributed by atoms with Gasteiger partial charge >= 0.3 is 0 Å². The molecule has 5 aliphatic carbocycles. The molecule has 1 aromatic heterocycles. The van der Waals surface area contributed by atoms with E-state index in [4.69, 9.17) is 0 Å². The molecule has 0 spiro atoms. The van der Waals surface area contributed by atoms with Gasteiger partial charge in [0.2, 0.25) is 5.95 Å². The fraction of sp³-hybridized carbons (Fsp3) is 0.762. The SMILES string of the molecule is CNc1ncc(C(=O)NC2C3CC4CC2CC(O)(C4)C3)c(C2CCCC2)n1. The second-order valence-corrected chi connectivity index (χ2v) is 9.42. The van der Waals surface area contributed by atoms with E-state index in [1.54, 1.807) is 6.20 Å². The molecule has 146 valence electrons. The van der Waals surface area contributed by atoms with Gasteiger partial charge in [-0.15, -0.1) is 0 Å². The molecule has 0 aliphatic heterocycles. The van der Waals surface area contributed by atoms with Crippen molar-refractivity contribution >= 4 is 11.9 Å². The Morgan fingerprint density at radius 1 is 1.19 bits per heavy atom. The van der Waals surface area contributed by atoms with Crippen molar-refractivity contribution in [1.82, 2.24) is 15.3 Å². The highest BCUT2D eigenvalue weighted by atomic mass is 16.3. The van der Waals surface area contributed by atoms with Crippen LogP contribution in [0.4, 0.5) is 5.95 Å². The molecule has 3 N–H and O–H groups in total. The fourth-order valence-electron chi connectivity index (χ4n) is 6.65. The molecule has 5 aliphatic rings. The van der Waals surface area contributed by atoms with Crippen LogP contribution in [0.3, 0.4) is 0 Å². The van der Waals surface area contributed by atoms with E-state index in [-0.39, 0.29) is 11.9 Å². The standard InChI is InChI=1S/C21H30N4O2/c1-22-20-23-11-16(18(25-20)13-4-2-3-5-13)19(26)24-17-14-6-12-7-15(17)10-21(27,8-12)9-14/h11-15,17,27H,2-10H2,1H3,(H,24,26)(H,22,23,25). The molecule has 4 bridgehead atoms. The van der Waals surface area contributed by atoms with Gasteiger partial charge in [0.05, 0.1) is 16.9 Å². The molecule has 1 amide bonds. The smallest absolute Gasteiger partial charge is 0.254 e. The van der Waals surface area contributed by atoms with Crippen LogP contribution in [0.2, 0.25) is 0 Å². The summed E-state index contributed by atoms with van der Waals surface area (Å²) in [4.78, 5) is 22.2. The normalized spacial score (nSPS) is 37.6. The van der Waals surface area contributed by atoms with Crippen LogP contribution < -0.4 is 10.6 Å². The van der Waals surface area contributed by atoms with Gasteiger partial charge in [-0.05, 0) is 62.7 Å². The molecular formula is C21H30N4O2. The van der Waals surface area contributed by atoms with Crippen LogP contribution in [0.5, 0.6) is 0 Å². The van der Waals surface area contributed by atoms with Gasteiger partial charge in [-0.2, -0.15) is 0 Å². The van der Waals surface area contributed by atoms with Crippen LogP contribution >= 0.6 is 0 Å². The third kappa shape index (κ3) is 3.02. The summed E-state index contributed by atoms with van der Waals surface area (Å²) in [5.41, 5.74) is 1.09. The molecule has 27 heavy (non-hydrogen) atoms. The minimum atomic E-state index is -0.468. The molecule has 1 heterocycles. The van der Waals surface area contributed by atoms with Crippen molar-refractivity contribution in [3.8, 4) is 0 Å². The Bertz CT molecular complexity index is 730. The number of carbonyl (C=O) groups is 1. The third-order valence-corrected chi connectivity index (χ3v) is 7.57. The summed E-state index contributed by atoms with van der Waals surface area (Å²) >= 11 is 0. The molecule has 0 saturated heterocycles. The zero-order valence-corrected chi connectivity index (χ0v) is 16.1. The largest absolute Gasteiger partial charge is 0.390 e. The van der Waals surface area contributed by atoms with Crippen molar-refractivity contribution in [2.75, 3.05) is 12.4 Å². The first-order valence-electron chi connectivity index (χ1n) is 10.6. The van der Waals surface area contributed by atoms with Crippen LogP contribution in [0.25, 0.3) is 0 Å². The van der Waals surface area contributed by atoms with Gasteiger partial charge in [-0.25, -0.2) is 9.97 Å². The Morgan fingerprint density at radius 2 is 1.89 bits per heavy atom. The topological polar surface area (TPSA) is 87.1 Å². The maximum atomic E-state index is 13.2. The number of amides is 1. The van der Waals surface area contributed by atoms with Crippen LogP contribution in [-0.4, -0.2) is 39.7 Å². The highest BCUT2D eigenvalue weighted by molar-refractivity contribution is 5.95. The molecule has 1 aromatic rings. The zero-order valence-electron chi connectivity index (χ0n) is 16.1. The van der Waals surface area contributed by atoms with E-state index < -0.39 is 5.60 Å². The summed E-state index contributed by atoms with van der Waals surface area (Å²) < 4.78 is 0. The molecule has 5 saturated carbocycles. The van der Waals surface area contributed by atoms with Crippen LogP contribution in [0.1, 0.15) is 79.8 Å². The van der Waals surface area contributed by atoms with Crippen molar-refractivity contribution in [2.45, 2.75) is 75.3 Å². The van der Waals surface area contributed by atoms with Crippen molar-refractivity contribution in [2.24, 2.45) is 17.8 Å². The van der Waals surface area contributed by atoms with Crippen molar-refractivity contribution in [1.29, 1.82) is 0 Å². The van der Waals surface area contributed by atoms with E-state index in [9.17, 15) is 9.90 Å². The average molecular weight is 370 g/mol. The Morgan fingerprint density at radius 3 is 2.52 bits per heavy atom. The van der Waals surface area contributed by atoms with Crippen LogP contribution in [0, 0.1) is 17.8 Å². The van der Waals surface area contributed by atoms with E-state index in [1.165, 1.54) is 12.8 Å². The Balaban J connectivity index is 1.38. The lowest BCUT2D eigenvalue weighted by molar-refractivity contribution is -0.136. The van der Waals surface area contributed by atoms with Crippen molar-refractivity contribution < 1.29 is 9.90 Å². The lowest BCUT2D eigenvalue weighted by atomic mass is 9.52. The number of carbonyl (C=O) groups excluding carboxylic acids is 1. The number of hydrogen-bond donors (Lipinski definition) is 3. The second kappa shape index (κ2) is 6.43. The molecule has 0 aromatic carbocycles. The van der Waals surface area contributed by atoms with E-state index in [1.807, 2.05) is 7.05 Å². The maximum absolute atomic E-state index is 13.2. The summed E-state index contributed by atoms with van der Waals surface area (Å²) in [6, 6.07) is 0.190. The van der Waals surface area contributed by atoms with E-state index in [0.717, 1.165) is 50.6 Å². The monoisotopic (exact) mass is 370 g/mol. The van der Waals surface area contributed by atoms with Crippen LogP contribution in [0.15, 0.2) is 6.20 Å². The second-order valence-electron chi connectivity index (χ2n) is 9.42. The number of nitrogens with one attached hydrogen (secondary N) is 2. The van der Waals surface area contributed by atoms with Crippen molar-refractivity contribution in [3.63, 3.8) is 0 Å². The first-order valence-corrected chi connectivity index (χ1v) is 10.6. The molecular weight excluding hydrogens is 340 g/mol. The van der Waals surface area contributed by atoms with E-state index in [0.29, 0.717) is 35.2 Å². The number of anilines is 1. The highest BCUT2D eigenvalue weighted by Crippen LogP contribution is 2.55. The summed E-state index contributed by atoms with van der Waals surface area (Å²) in [6.45, 7) is 0. The zero-order chi connectivity index (χ0) is 18.6. The molecule has 2 atom stereocenters. The first-order chi connectivity index (χ1) is 13.0. The summed E-state index contributed by atoms with van der Waals surface area (Å²) in [5.74, 6) is 2.40. The average Bonchev–Trinajstić information content (AvgIpc) is 3.17. The maximum Gasteiger partial charge on any atom is 0.254 e. The number of nitrogens with zero attached hydrogens (tertiary/aromatic N) is 2. The Labute approximate surface area is 160 Å². The lowest BCUT2D eigenvalue weighted by Gasteiger charge is -2.58. The fourth-order valence-corrected chi connectivity index (χ4v) is 6.65. The minimum absolute atomic E-state index is 0.0241. The third-order valence-electron chi connectivity index (χ3n) is 7.57. The van der Waals surface area contributed by atoms with Gasteiger partial charge in [0, 0.05) is 25.2 Å². The molecule has 0 radical (unpaired) electrons. The first kappa shape index (κ1) is 17.4. The van der Waals surface area contributed by atoms with Gasteiger partial charge < -0.3 is 15.7 Å². The predicted molar refractivity (Wildman–Crippen MR) is 103 cm³/mol. The predicted octanol–water partition coefficient (Wildman–Crippen LogP) is 2.85. The number of rotatable bonds is 4. The van der Waals surface area contributed by atoms with Gasteiger partial charge in [-0.1, -0.05) is 12.8 Å². The van der Waals surface area contributed by atoms with Crippen molar-refractivity contribution in [3.05, 3.63) is 17.5 Å². The molecule has 2 unspecified atom stereocenters. The summed E-state index contributed by atoms with van der Waals surface area (Å²) in [6.07, 6.45) is 11.3. The summed E-state index contributed by atoms with van der Waals surface area (Å²) in [7, 11) is 1.81. The molecule has 6 nitrogen and oxygen atoms in total.